The van der Waals surface area contributed by atoms with E-state index in [0.29, 0.717) is 12.3 Å². The van der Waals surface area contributed by atoms with Crippen LogP contribution in [0.25, 0.3) is 0 Å². The van der Waals surface area contributed by atoms with Gasteiger partial charge in [-0.15, -0.1) is 0 Å². The lowest BCUT2D eigenvalue weighted by molar-refractivity contribution is 0.381. The van der Waals surface area contributed by atoms with E-state index in [1.165, 1.54) is 5.43 Å². The zero-order valence-corrected chi connectivity index (χ0v) is 10.7. The molecule has 23 heavy (non-hydrogen) atoms. The standard InChI is InChI=1S/C13H4F8N2/c14-5-2-7(16)6(15)1-4(5)3-22-23-13-11(20)9(18)8(17)10(19)12(13)21/h1-3,23H/b22-3+. The van der Waals surface area contributed by atoms with Gasteiger partial charge in [-0.3, -0.25) is 5.43 Å². The third-order valence-electron chi connectivity index (χ3n) is 2.63. The van der Waals surface area contributed by atoms with Crippen molar-refractivity contribution in [2.45, 2.75) is 0 Å². The summed E-state index contributed by atoms with van der Waals surface area (Å²) in [6.45, 7) is 0. The average Bonchev–Trinajstić information content (AvgIpc) is 2.51. The molecule has 0 fully saturated rings. The first-order chi connectivity index (χ1) is 10.7. The van der Waals surface area contributed by atoms with Gasteiger partial charge in [0.2, 0.25) is 5.82 Å². The molecule has 2 aromatic rings. The van der Waals surface area contributed by atoms with E-state index >= 15 is 0 Å². The van der Waals surface area contributed by atoms with Crippen LogP contribution in [0.1, 0.15) is 5.56 Å². The summed E-state index contributed by atoms with van der Waals surface area (Å²) in [7, 11) is 0. The summed E-state index contributed by atoms with van der Waals surface area (Å²) in [5, 5.41) is 3.04. The molecule has 0 saturated carbocycles. The molecule has 0 radical (unpaired) electrons. The number of halogens is 8. The van der Waals surface area contributed by atoms with Crippen molar-refractivity contribution in [1.29, 1.82) is 0 Å². The third-order valence-corrected chi connectivity index (χ3v) is 2.63. The molecule has 0 spiro atoms. The molecule has 0 aliphatic heterocycles. The Kier molecular flexibility index (Phi) is 4.52. The van der Waals surface area contributed by atoms with Crippen LogP contribution in [0, 0.1) is 46.5 Å². The molecule has 0 aliphatic carbocycles. The van der Waals surface area contributed by atoms with Gasteiger partial charge in [0.05, 0.1) is 6.21 Å². The van der Waals surface area contributed by atoms with E-state index < -0.39 is 57.8 Å². The lowest BCUT2D eigenvalue weighted by atomic mass is 10.2. The van der Waals surface area contributed by atoms with Crippen LogP contribution in [0.2, 0.25) is 0 Å². The number of anilines is 1. The second kappa shape index (κ2) is 6.23. The molecule has 0 atom stereocenters. The molecule has 122 valence electrons. The number of nitrogens with zero attached hydrogens (tertiary/aromatic N) is 1. The number of hydrazone groups is 1. The van der Waals surface area contributed by atoms with Crippen LogP contribution in [0.3, 0.4) is 0 Å². The fourth-order valence-corrected chi connectivity index (χ4v) is 1.51. The summed E-state index contributed by atoms with van der Waals surface area (Å²) in [5.41, 5.74) is -0.620. The highest BCUT2D eigenvalue weighted by atomic mass is 19.2. The zero-order chi connectivity index (χ0) is 17.3. The van der Waals surface area contributed by atoms with Gasteiger partial charge >= 0.3 is 0 Å². The maximum Gasteiger partial charge on any atom is 0.200 e. The minimum atomic E-state index is -2.36. The van der Waals surface area contributed by atoms with Crippen LogP contribution in [0.4, 0.5) is 40.8 Å². The summed E-state index contributed by atoms with van der Waals surface area (Å²) in [6, 6.07) is 0.573. The molecule has 0 unspecified atom stereocenters. The quantitative estimate of drug-likeness (QED) is 0.292. The first-order valence-corrected chi connectivity index (χ1v) is 5.69. The van der Waals surface area contributed by atoms with Crippen molar-refractivity contribution < 1.29 is 35.1 Å². The Hall–Kier alpha value is -2.65. The summed E-state index contributed by atoms with van der Waals surface area (Å²) >= 11 is 0. The van der Waals surface area contributed by atoms with Crippen LogP contribution in [0.15, 0.2) is 17.2 Å². The Morgan fingerprint density at radius 1 is 0.652 bits per heavy atom. The van der Waals surface area contributed by atoms with E-state index in [9.17, 15) is 35.1 Å². The van der Waals surface area contributed by atoms with E-state index in [1.807, 2.05) is 0 Å². The Bertz CT molecular complexity index is 774. The molecule has 2 aromatic carbocycles. The zero-order valence-electron chi connectivity index (χ0n) is 10.7. The van der Waals surface area contributed by atoms with Crippen LogP contribution >= 0.6 is 0 Å². The van der Waals surface area contributed by atoms with Gasteiger partial charge in [-0.2, -0.15) is 5.10 Å². The smallest absolute Gasteiger partial charge is 0.200 e. The second-order valence-electron chi connectivity index (χ2n) is 4.10. The first kappa shape index (κ1) is 16.7. The van der Waals surface area contributed by atoms with E-state index in [-0.39, 0.29) is 6.07 Å². The topological polar surface area (TPSA) is 24.4 Å². The van der Waals surface area contributed by atoms with Gasteiger partial charge in [0.15, 0.2) is 34.9 Å². The Morgan fingerprint density at radius 2 is 1.13 bits per heavy atom. The van der Waals surface area contributed by atoms with Gasteiger partial charge < -0.3 is 0 Å². The van der Waals surface area contributed by atoms with E-state index in [2.05, 4.69) is 5.10 Å². The fraction of sp³-hybridized carbons (Fsp3) is 0. The number of hydrogen-bond donors (Lipinski definition) is 1. The van der Waals surface area contributed by atoms with Crippen molar-refractivity contribution in [3.05, 3.63) is 64.2 Å². The van der Waals surface area contributed by atoms with Crippen molar-refractivity contribution in [3.8, 4) is 0 Å². The molecule has 0 aromatic heterocycles. The molecule has 2 nitrogen and oxygen atoms in total. The van der Waals surface area contributed by atoms with E-state index in [4.69, 9.17) is 0 Å². The van der Waals surface area contributed by atoms with Gasteiger partial charge in [-0.1, -0.05) is 0 Å². The van der Waals surface area contributed by atoms with Gasteiger partial charge in [0, 0.05) is 11.6 Å². The van der Waals surface area contributed by atoms with Crippen LogP contribution < -0.4 is 5.43 Å². The molecule has 0 heterocycles. The largest absolute Gasteiger partial charge is 0.272 e. The Labute approximate surface area is 123 Å². The lowest BCUT2D eigenvalue weighted by Crippen LogP contribution is -2.07. The lowest BCUT2D eigenvalue weighted by Gasteiger charge is -2.07. The summed E-state index contributed by atoms with van der Waals surface area (Å²) in [6.07, 6.45) is 0.468. The molecular formula is C13H4F8N2. The molecular weight excluding hydrogens is 336 g/mol. The van der Waals surface area contributed by atoms with Gasteiger partial charge in [-0.05, 0) is 6.07 Å². The van der Waals surface area contributed by atoms with E-state index in [1.54, 1.807) is 0 Å². The van der Waals surface area contributed by atoms with Crippen LogP contribution in [0.5, 0.6) is 0 Å². The van der Waals surface area contributed by atoms with Crippen molar-refractivity contribution in [2.24, 2.45) is 5.10 Å². The molecule has 0 amide bonds. The van der Waals surface area contributed by atoms with Gasteiger partial charge in [-0.25, -0.2) is 35.1 Å². The van der Waals surface area contributed by atoms with Crippen molar-refractivity contribution >= 4 is 11.9 Å². The van der Waals surface area contributed by atoms with Gasteiger partial charge in [0.25, 0.3) is 0 Å². The van der Waals surface area contributed by atoms with Crippen molar-refractivity contribution in [2.75, 3.05) is 5.43 Å². The Balaban J connectivity index is 2.34. The van der Waals surface area contributed by atoms with E-state index in [0.717, 1.165) is 0 Å². The predicted molar refractivity (Wildman–Crippen MR) is 63.8 cm³/mol. The predicted octanol–water partition coefficient (Wildman–Crippen LogP) is 4.25. The number of benzene rings is 2. The number of rotatable bonds is 3. The second-order valence-corrected chi connectivity index (χ2v) is 4.10. The highest BCUT2D eigenvalue weighted by Gasteiger charge is 2.25. The summed E-state index contributed by atoms with van der Waals surface area (Å²) in [4.78, 5) is 0. The normalized spacial score (nSPS) is 11.3. The first-order valence-electron chi connectivity index (χ1n) is 5.69. The summed E-state index contributed by atoms with van der Waals surface area (Å²) in [5.74, 6) is -15.3. The third kappa shape index (κ3) is 3.10. The SMILES string of the molecule is Fc1cc(F)c(/C=N/Nc2c(F)c(F)c(F)c(F)c2F)cc1F. The summed E-state index contributed by atoms with van der Waals surface area (Å²) < 4.78 is 104. The molecule has 10 heteroatoms. The number of hydrogen-bond acceptors (Lipinski definition) is 2. The van der Waals surface area contributed by atoms with Crippen LogP contribution in [-0.4, -0.2) is 6.21 Å². The molecule has 0 bridgehead atoms. The minimum Gasteiger partial charge on any atom is -0.272 e. The molecule has 2 rings (SSSR count). The highest BCUT2D eigenvalue weighted by molar-refractivity contribution is 5.80. The van der Waals surface area contributed by atoms with Gasteiger partial charge in [0.1, 0.15) is 11.5 Å². The fourth-order valence-electron chi connectivity index (χ4n) is 1.51. The average molecular weight is 340 g/mol. The molecule has 0 saturated heterocycles. The highest BCUT2D eigenvalue weighted by Crippen LogP contribution is 2.27. The minimum absolute atomic E-state index is 0.190. The molecule has 1 N–H and O–H groups in total. The maximum absolute atomic E-state index is 13.3. The Morgan fingerprint density at radius 3 is 1.70 bits per heavy atom. The number of nitrogens with one attached hydrogen (secondary N) is 1. The van der Waals surface area contributed by atoms with Crippen molar-refractivity contribution in [3.63, 3.8) is 0 Å². The monoisotopic (exact) mass is 340 g/mol. The molecule has 0 aliphatic rings. The van der Waals surface area contributed by atoms with Crippen molar-refractivity contribution in [1.82, 2.24) is 0 Å². The maximum atomic E-state index is 13.3. The van der Waals surface area contributed by atoms with Crippen LogP contribution in [-0.2, 0) is 0 Å².